The van der Waals surface area contributed by atoms with Gasteiger partial charge in [0.25, 0.3) is 0 Å². The van der Waals surface area contributed by atoms with Gasteiger partial charge in [0.15, 0.2) is 0 Å². The number of nitrogens with zero attached hydrogens (tertiary/aromatic N) is 3. The lowest BCUT2D eigenvalue weighted by molar-refractivity contribution is 1.02. The van der Waals surface area contributed by atoms with Crippen LogP contribution in [-0.2, 0) is 0 Å². The lowest BCUT2D eigenvalue weighted by Gasteiger charge is -2.12. The number of benzene rings is 1. The van der Waals surface area contributed by atoms with Crippen LogP contribution in [-0.4, -0.2) is 26.5 Å². The number of aliphatic imine (C=N–C) groups is 1. The Balaban J connectivity index is 2.73. The standard InChI is InChI=1S/C14H17N3/c1-4-13(10-11-15-2)12-16-17(3)14-8-6-5-7-9-14/h4-12H,1H2,2-3H3/b13-10+,15-11?,16-12+. The molecule has 0 aliphatic carbocycles. The molecule has 1 aromatic rings. The molecule has 0 unspecified atom stereocenters. The molecular weight excluding hydrogens is 210 g/mol. The van der Waals surface area contributed by atoms with E-state index in [0.717, 1.165) is 11.3 Å². The van der Waals surface area contributed by atoms with Crippen LogP contribution in [0.1, 0.15) is 0 Å². The van der Waals surface area contributed by atoms with E-state index in [9.17, 15) is 0 Å². The predicted octanol–water partition coefficient (Wildman–Crippen LogP) is 2.92. The van der Waals surface area contributed by atoms with Gasteiger partial charge in [-0.05, 0) is 23.8 Å². The zero-order chi connectivity index (χ0) is 12.5. The van der Waals surface area contributed by atoms with Crippen molar-refractivity contribution in [3.8, 4) is 0 Å². The van der Waals surface area contributed by atoms with Gasteiger partial charge in [-0.1, -0.05) is 30.9 Å². The topological polar surface area (TPSA) is 28.0 Å². The molecule has 0 saturated carbocycles. The van der Waals surface area contributed by atoms with Gasteiger partial charge in [-0.2, -0.15) is 5.10 Å². The average Bonchev–Trinajstić information content (AvgIpc) is 2.39. The van der Waals surface area contributed by atoms with Crippen molar-refractivity contribution in [1.82, 2.24) is 0 Å². The second-order valence-electron chi connectivity index (χ2n) is 3.38. The van der Waals surface area contributed by atoms with Crippen LogP contribution in [0.5, 0.6) is 0 Å². The van der Waals surface area contributed by atoms with E-state index >= 15 is 0 Å². The van der Waals surface area contributed by atoms with E-state index in [1.54, 1.807) is 30.6 Å². The molecule has 0 aliphatic heterocycles. The fourth-order valence-corrected chi connectivity index (χ4v) is 1.19. The SMILES string of the molecule is C=CC(/C=N/N(C)c1ccccc1)=C\C=NC. The van der Waals surface area contributed by atoms with Crippen molar-refractivity contribution >= 4 is 18.1 Å². The second kappa shape index (κ2) is 7.17. The van der Waals surface area contributed by atoms with Crippen LogP contribution in [0.2, 0.25) is 0 Å². The van der Waals surface area contributed by atoms with Crippen LogP contribution in [0.15, 0.2) is 64.7 Å². The minimum Gasteiger partial charge on any atom is -0.296 e. The highest BCUT2D eigenvalue weighted by Crippen LogP contribution is 2.10. The Morgan fingerprint density at radius 3 is 2.59 bits per heavy atom. The molecule has 0 aromatic heterocycles. The molecule has 0 amide bonds. The molecule has 0 N–H and O–H groups in total. The molecule has 17 heavy (non-hydrogen) atoms. The minimum atomic E-state index is 0.915. The summed E-state index contributed by atoms with van der Waals surface area (Å²) in [6, 6.07) is 9.95. The van der Waals surface area contributed by atoms with E-state index in [0.29, 0.717) is 0 Å². The van der Waals surface area contributed by atoms with Gasteiger partial charge in [-0.3, -0.25) is 10.0 Å². The van der Waals surface area contributed by atoms with Gasteiger partial charge in [0.1, 0.15) is 0 Å². The molecule has 0 fully saturated rings. The molecule has 3 heteroatoms. The zero-order valence-corrected chi connectivity index (χ0v) is 10.2. The van der Waals surface area contributed by atoms with E-state index in [2.05, 4.69) is 16.7 Å². The van der Waals surface area contributed by atoms with Crippen LogP contribution in [0.4, 0.5) is 5.69 Å². The average molecular weight is 227 g/mol. The van der Waals surface area contributed by atoms with Gasteiger partial charge in [0, 0.05) is 20.3 Å². The van der Waals surface area contributed by atoms with Crippen LogP contribution < -0.4 is 5.01 Å². The van der Waals surface area contributed by atoms with Gasteiger partial charge in [0.05, 0.1) is 11.9 Å². The highest BCUT2D eigenvalue weighted by molar-refractivity contribution is 5.89. The maximum atomic E-state index is 4.33. The lowest BCUT2D eigenvalue weighted by atomic mass is 10.3. The van der Waals surface area contributed by atoms with E-state index in [-0.39, 0.29) is 0 Å². The molecule has 0 heterocycles. The Morgan fingerprint density at radius 1 is 1.29 bits per heavy atom. The summed E-state index contributed by atoms with van der Waals surface area (Å²) >= 11 is 0. The summed E-state index contributed by atoms with van der Waals surface area (Å²) in [6.07, 6.45) is 7.06. The Kier molecular flexibility index (Phi) is 5.44. The van der Waals surface area contributed by atoms with Crippen molar-refractivity contribution in [1.29, 1.82) is 0 Å². The maximum Gasteiger partial charge on any atom is 0.0590 e. The van der Waals surface area contributed by atoms with E-state index in [1.165, 1.54) is 0 Å². The third kappa shape index (κ3) is 4.47. The van der Waals surface area contributed by atoms with Gasteiger partial charge < -0.3 is 0 Å². The summed E-state index contributed by atoms with van der Waals surface area (Å²) in [5, 5.41) is 6.13. The van der Waals surface area contributed by atoms with Gasteiger partial charge >= 0.3 is 0 Å². The number of para-hydroxylation sites is 1. The highest BCUT2D eigenvalue weighted by Gasteiger charge is 1.94. The Labute approximate surface area is 102 Å². The first-order chi connectivity index (χ1) is 8.27. The second-order valence-corrected chi connectivity index (χ2v) is 3.38. The van der Waals surface area contributed by atoms with Crippen molar-refractivity contribution < 1.29 is 0 Å². The van der Waals surface area contributed by atoms with Gasteiger partial charge in [0.2, 0.25) is 0 Å². The molecule has 0 bridgehead atoms. The molecule has 1 aromatic carbocycles. The molecule has 0 saturated heterocycles. The van der Waals surface area contributed by atoms with Crippen LogP contribution >= 0.6 is 0 Å². The largest absolute Gasteiger partial charge is 0.296 e. The predicted molar refractivity (Wildman–Crippen MR) is 76.0 cm³/mol. The molecule has 0 radical (unpaired) electrons. The highest BCUT2D eigenvalue weighted by atomic mass is 15.4. The van der Waals surface area contributed by atoms with Crippen LogP contribution in [0.25, 0.3) is 0 Å². The Morgan fingerprint density at radius 2 is 2.00 bits per heavy atom. The zero-order valence-electron chi connectivity index (χ0n) is 10.2. The number of allylic oxidation sites excluding steroid dienone is 3. The lowest BCUT2D eigenvalue weighted by Crippen LogP contribution is -2.08. The molecule has 88 valence electrons. The van der Waals surface area contributed by atoms with Crippen molar-refractivity contribution in [2.75, 3.05) is 19.1 Å². The van der Waals surface area contributed by atoms with Gasteiger partial charge in [-0.25, -0.2) is 0 Å². The molecular formula is C14H17N3. The van der Waals surface area contributed by atoms with E-state index < -0.39 is 0 Å². The van der Waals surface area contributed by atoms with Crippen molar-refractivity contribution in [2.45, 2.75) is 0 Å². The quantitative estimate of drug-likeness (QED) is 0.432. The maximum absolute atomic E-state index is 4.33. The first-order valence-corrected chi connectivity index (χ1v) is 5.35. The number of hydrogen-bond acceptors (Lipinski definition) is 3. The first kappa shape index (κ1) is 12.9. The Hall–Kier alpha value is -2.16. The molecule has 0 atom stereocenters. The first-order valence-electron chi connectivity index (χ1n) is 5.35. The molecule has 1 rings (SSSR count). The van der Waals surface area contributed by atoms with Crippen molar-refractivity contribution in [2.24, 2.45) is 10.1 Å². The smallest absolute Gasteiger partial charge is 0.0590 e. The summed E-state index contributed by atoms with van der Waals surface area (Å²) in [5.41, 5.74) is 1.95. The normalized spacial score (nSPS) is 12.2. The molecule has 3 nitrogen and oxygen atoms in total. The van der Waals surface area contributed by atoms with Crippen molar-refractivity contribution in [3.05, 3.63) is 54.6 Å². The van der Waals surface area contributed by atoms with Crippen LogP contribution in [0.3, 0.4) is 0 Å². The number of rotatable bonds is 5. The molecule has 0 spiro atoms. The third-order valence-corrected chi connectivity index (χ3v) is 2.16. The Bertz CT molecular complexity index is 430. The summed E-state index contributed by atoms with van der Waals surface area (Å²) < 4.78 is 0. The summed E-state index contributed by atoms with van der Waals surface area (Å²) in [4.78, 5) is 3.88. The summed E-state index contributed by atoms with van der Waals surface area (Å²) in [6.45, 7) is 3.72. The van der Waals surface area contributed by atoms with Gasteiger partial charge in [-0.15, -0.1) is 0 Å². The van der Waals surface area contributed by atoms with Crippen molar-refractivity contribution in [3.63, 3.8) is 0 Å². The summed E-state index contributed by atoms with van der Waals surface area (Å²) in [7, 11) is 3.63. The fraction of sp³-hybridized carbons (Fsp3) is 0.143. The number of hydrogen-bond donors (Lipinski definition) is 0. The monoisotopic (exact) mass is 227 g/mol. The fourth-order valence-electron chi connectivity index (χ4n) is 1.19. The number of hydrazone groups is 1. The third-order valence-electron chi connectivity index (χ3n) is 2.16. The van der Waals surface area contributed by atoms with Crippen LogP contribution in [0, 0.1) is 0 Å². The molecule has 0 aliphatic rings. The minimum absolute atomic E-state index is 0.915. The van der Waals surface area contributed by atoms with E-state index in [4.69, 9.17) is 0 Å². The van der Waals surface area contributed by atoms with E-state index in [1.807, 2.05) is 43.5 Å². The summed E-state index contributed by atoms with van der Waals surface area (Å²) in [5.74, 6) is 0. The number of anilines is 1.